The van der Waals surface area contributed by atoms with Crippen molar-refractivity contribution in [3.63, 3.8) is 0 Å². The van der Waals surface area contributed by atoms with Gasteiger partial charge in [0.2, 0.25) is 5.91 Å². The largest absolute Gasteiger partial charge is 0.326 e. The van der Waals surface area contributed by atoms with Crippen molar-refractivity contribution in [3.8, 4) is 0 Å². The lowest BCUT2D eigenvalue weighted by Crippen LogP contribution is -2.08. The molecular formula is C13H21NO. The molecule has 1 aromatic carbocycles. The molecule has 2 nitrogen and oxygen atoms in total. The number of benzene rings is 1. The summed E-state index contributed by atoms with van der Waals surface area (Å²) in [5, 5.41) is 2.82. The van der Waals surface area contributed by atoms with Crippen molar-refractivity contribution in [1.82, 2.24) is 0 Å². The Kier molecular flexibility index (Phi) is 6.43. The maximum absolute atomic E-state index is 10.9. The van der Waals surface area contributed by atoms with E-state index in [-0.39, 0.29) is 5.91 Å². The van der Waals surface area contributed by atoms with Crippen LogP contribution in [0.1, 0.15) is 46.1 Å². The molecule has 0 unspecified atom stereocenters. The number of para-hydroxylation sites is 1. The fourth-order valence-corrected chi connectivity index (χ4v) is 1.30. The molecule has 1 amide bonds. The number of rotatable bonds is 2. The fourth-order valence-electron chi connectivity index (χ4n) is 1.30. The minimum absolute atomic E-state index is 0.0203. The molecule has 0 radical (unpaired) electrons. The molecule has 84 valence electrons. The second-order valence-electron chi connectivity index (χ2n) is 3.42. The van der Waals surface area contributed by atoms with Crippen LogP contribution in [0.15, 0.2) is 24.3 Å². The van der Waals surface area contributed by atoms with Gasteiger partial charge in [0.1, 0.15) is 0 Å². The van der Waals surface area contributed by atoms with Gasteiger partial charge in [-0.15, -0.1) is 0 Å². The molecular weight excluding hydrogens is 186 g/mol. The monoisotopic (exact) mass is 207 g/mol. The van der Waals surface area contributed by atoms with E-state index in [1.165, 1.54) is 12.5 Å². The number of nitrogens with one attached hydrogen (secondary N) is 1. The normalized spacial score (nSPS) is 9.20. The number of hydrogen-bond acceptors (Lipinski definition) is 1. The van der Waals surface area contributed by atoms with Crippen molar-refractivity contribution in [2.45, 2.75) is 40.5 Å². The molecule has 1 aromatic rings. The first kappa shape index (κ1) is 13.7. The zero-order valence-corrected chi connectivity index (χ0v) is 10.3. The van der Waals surface area contributed by atoms with Gasteiger partial charge in [0, 0.05) is 12.6 Å². The van der Waals surface area contributed by atoms with Crippen LogP contribution in [0, 0.1) is 0 Å². The number of carbonyl (C=O) groups excluding carboxylic acids is 1. The highest BCUT2D eigenvalue weighted by Crippen LogP contribution is 2.23. The highest BCUT2D eigenvalue weighted by atomic mass is 16.1. The van der Waals surface area contributed by atoms with Crippen LogP contribution in [0.25, 0.3) is 0 Å². The molecule has 0 heterocycles. The smallest absolute Gasteiger partial charge is 0.221 e. The third-order valence-electron chi connectivity index (χ3n) is 1.89. The minimum atomic E-state index is -0.0203. The maximum atomic E-state index is 10.9. The van der Waals surface area contributed by atoms with Crippen LogP contribution in [0.2, 0.25) is 0 Å². The molecule has 0 aromatic heterocycles. The first-order valence-electron chi connectivity index (χ1n) is 5.47. The number of amides is 1. The maximum Gasteiger partial charge on any atom is 0.221 e. The first-order valence-corrected chi connectivity index (χ1v) is 5.47. The standard InChI is InChI=1S/C11H15NO.C2H6/c1-8(2)10-6-4-5-7-11(10)12-9(3)13;1-2/h4-8H,1-3H3,(H,12,13);1-2H3. The number of carbonyl (C=O) groups is 1. The Balaban J connectivity index is 0.000000921. The number of hydrogen-bond donors (Lipinski definition) is 1. The molecule has 2 heteroatoms. The molecule has 1 N–H and O–H groups in total. The van der Waals surface area contributed by atoms with Crippen molar-refractivity contribution >= 4 is 11.6 Å². The highest BCUT2D eigenvalue weighted by Gasteiger charge is 2.05. The average Bonchev–Trinajstić information content (AvgIpc) is 2.20. The van der Waals surface area contributed by atoms with Crippen molar-refractivity contribution in [3.05, 3.63) is 29.8 Å². The van der Waals surface area contributed by atoms with Gasteiger partial charge in [0.05, 0.1) is 0 Å². The Morgan fingerprint density at radius 3 is 2.20 bits per heavy atom. The summed E-state index contributed by atoms with van der Waals surface area (Å²) in [6, 6.07) is 7.88. The van der Waals surface area contributed by atoms with Gasteiger partial charge < -0.3 is 5.32 Å². The average molecular weight is 207 g/mol. The summed E-state index contributed by atoms with van der Waals surface area (Å²) in [5.74, 6) is 0.413. The molecule has 15 heavy (non-hydrogen) atoms. The van der Waals surface area contributed by atoms with Gasteiger partial charge in [0.15, 0.2) is 0 Å². The van der Waals surface area contributed by atoms with E-state index >= 15 is 0 Å². The Morgan fingerprint density at radius 1 is 1.20 bits per heavy atom. The molecule has 1 rings (SSSR count). The quantitative estimate of drug-likeness (QED) is 0.785. The van der Waals surface area contributed by atoms with Gasteiger partial charge in [0.25, 0.3) is 0 Å². The summed E-state index contributed by atoms with van der Waals surface area (Å²) >= 11 is 0. The molecule has 0 saturated heterocycles. The third kappa shape index (κ3) is 4.63. The predicted octanol–water partition coefficient (Wildman–Crippen LogP) is 3.79. The minimum Gasteiger partial charge on any atom is -0.326 e. The Bertz CT molecular complexity index is 305. The molecule has 0 atom stereocenters. The van der Waals surface area contributed by atoms with E-state index in [9.17, 15) is 4.79 Å². The van der Waals surface area contributed by atoms with Crippen molar-refractivity contribution in [1.29, 1.82) is 0 Å². The van der Waals surface area contributed by atoms with E-state index in [2.05, 4.69) is 19.2 Å². The molecule has 0 aliphatic rings. The predicted molar refractivity (Wildman–Crippen MR) is 66.2 cm³/mol. The van der Waals surface area contributed by atoms with E-state index in [4.69, 9.17) is 0 Å². The zero-order valence-electron chi connectivity index (χ0n) is 10.3. The van der Waals surface area contributed by atoms with Crippen LogP contribution in [-0.4, -0.2) is 5.91 Å². The molecule has 0 bridgehead atoms. The second-order valence-corrected chi connectivity index (χ2v) is 3.42. The lowest BCUT2D eigenvalue weighted by atomic mass is 10.0. The number of anilines is 1. The summed E-state index contributed by atoms with van der Waals surface area (Å²) in [6.07, 6.45) is 0. The van der Waals surface area contributed by atoms with Gasteiger partial charge in [-0.3, -0.25) is 4.79 Å². The molecule has 0 spiro atoms. The summed E-state index contributed by atoms with van der Waals surface area (Å²) < 4.78 is 0. The lowest BCUT2D eigenvalue weighted by molar-refractivity contribution is -0.114. The van der Waals surface area contributed by atoms with Gasteiger partial charge >= 0.3 is 0 Å². The van der Waals surface area contributed by atoms with Crippen molar-refractivity contribution in [2.24, 2.45) is 0 Å². The van der Waals surface area contributed by atoms with Crippen LogP contribution in [0.4, 0.5) is 5.69 Å². The molecule has 0 aliphatic carbocycles. The SMILES string of the molecule is CC.CC(=O)Nc1ccccc1C(C)C. The van der Waals surface area contributed by atoms with Crippen LogP contribution in [0.3, 0.4) is 0 Å². The topological polar surface area (TPSA) is 29.1 Å². The van der Waals surface area contributed by atoms with Crippen molar-refractivity contribution < 1.29 is 4.79 Å². The second kappa shape index (κ2) is 7.04. The van der Waals surface area contributed by atoms with Gasteiger partial charge in [-0.05, 0) is 17.5 Å². The van der Waals surface area contributed by atoms with E-state index in [0.717, 1.165) is 5.69 Å². The van der Waals surface area contributed by atoms with Crippen LogP contribution in [0.5, 0.6) is 0 Å². The van der Waals surface area contributed by atoms with Crippen LogP contribution < -0.4 is 5.32 Å². The Morgan fingerprint density at radius 2 is 1.73 bits per heavy atom. The fraction of sp³-hybridized carbons (Fsp3) is 0.462. The van der Waals surface area contributed by atoms with Crippen molar-refractivity contribution in [2.75, 3.05) is 5.32 Å². The van der Waals surface area contributed by atoms with E-state index in [0.29, 0.717) is 5.92 Å². The Labute approximate surface area is 92.7 Å². The van der Waals surface area contributed by atoms with Crippen LogP contribution >= 0.6 is 0 Å². The lowest BCUT2D eigenvalue weighted by Gasteiger charge is -2.12. The van der Waals surface area contributed by atoms with E-state index < -0.39 is 0 Å². The summed E-state index contributed by atoms with van der Waals surface area (Å²) in [7, 11) is 0. The summed E-state index contributed by atoms with van der Waals surface area (Å²) in [4.78, 5) is 10.9. The summed E-state index contributed by atoms with van der Waals surface area (Å²) in [6.45, 7) is 9.75. The van der Waals surface area contributed by atoms with E-state index in [1.54, 1.807) is 0 Å². The van der Waals surface area contributed by atoms with Gasteiger partial charge in [-0.25, -0.2) is 0 Å². The molecule has 0 aliphatic heterocycles. The first-order chi connectivity index (χ1) is 7.11. The molecule has 0 fully saturated rings. The van der Waals surface area contributed by atoms with Gasteiger partial charge in [-0.2, -0.15) is 0 Å². The highest BCUT2D eigenvalue weighted by molar-refractivity contribution is 5.89. The zero-order chi connectivity index (χ0) is 11.8. The Hall–Kier alpha value is -1.31. The van der Waals surface area contributed by atoms with Crippen LogP contribution in [-0.2, 0) is 4.79 Å². The third-order valence-corrected chi connectivity index (χ3v) is 1.89. The summed E-state index contributed by atoms with van der Waals surface area (Å²) in [5.41, 5.74) is 2.10. The molecule has 0 saturated carbocycles. The van der Waals surface area contributed by atoms with Gasteiger partial charge in [-0.1, -0.05) is 45.9 Å². The van der Waals surface area contributed by atoms with E-state index in [1.807, 2.05) is 38.1 Å².